The lowest BCUT2D eigenvalue weighted by atomic mass is 9.85. The van der Waals surface area contributed by atoms with E-state index in [0.29, 0.717) is 32.0 Å². The van der Waals surface area contributed by atoms with E-state index in [0.717, 1.165) is 48.8 Å². The summed E-state index contributed by atoms with van der Waals surface area (Å²) in [7, 11) is 0. The van der Waals surface area contributed by atoms with Gasteiger partial charge in [-0.2, -0.15) is 4.98 Å². The van der Waals surface area contributed by atoms with Crippen LogP contribution >= 0.6 is 0 Å². The van der Waals surface area contributed by atoms with Gasteiger partial charge in [-0.25, -0.2) is 13.5 Å². The minimum absolute atomic E-state index is 0.0216. The number of halogens is 2. The highest BCUT2D eigenvalue weighted by molar-refractivity contribution is 5.65. The molecule has 0 radical (unpaired) electrons. The molecule has 1 unspecified atom stereocenters. The van der Waals surface area contributed by atoms with Crippen LogP contribution in [0.25, 0.3) is 5.69 Å². The van der Waals surface area contributed by atoms with E-state index < -0.39 is 17.2 Å². The first kappa shape index (κ1) is 23.5. The number of hydrogen-bond donors (Lipinski definition) is 2. The molecule has 0 aliphatic carbocycles. The van der Waals surface area contributed by atoms with Gasteiger partial charge in [0.1, 0.15) is 24.2 Å². The molecule has 1 atom stereocenters. The van der Waals surface area contributed by atoms with Gasteiger partial charge in [-0.3, -0.25) is 4.90 Å². The monoisotopic (exact) mass is 482 g/mol. The minimum Gasteiger partial charge on any atom is -0.381 e. The standard InChI is InChI=1S/C25H28F2N6O2/c1-17-8-18(23-14-28-4-5-32(23)25(15-34)2-6-35-7-3-25)10-21(9-17)30-24-29-16-33(31-24)22-12-19(26)11-20(27)13-22/h8-13,15-16,23,28H,2-7,14H2,1H3,(H,30,31). The van der Waals surface area contributed by atoms with E-state index in [1.165, 1.54) is 23.1 Å². The summed E-state index contributed by atoms with van der Waals surface area (Å²) in [6.07, 6.45) is 3.88. The number of aromatic nitrogens is 3. The molecular weight excluding hydrogens is 454 g/mol. The highest BCUT2D eigenvalue weighted by atomic mass is 19.1. The summed E-state index contributed by atoms with van der Waals surface area (Å²) in [5.74, 6) is -1.06. The zero-order chi connectivity index (χ0) is 24.4. The van der Waals surface area contributed by atoms with Gasteiger partial charge in [-0.1, -0.05) is 6.07 Å². The molecule has 2 fully saturated rings. The second-order valence-electron chi connectivity index (χ2n) is 9.14. The van der Waals surface area contributed by atoms with Crippen molar-refractivity contribution >= 4 is 17.9 Å². The van der Waals surface area contributed by atoms with Crippen molar-refractivity contribution in [3.8, 4) is 5.69 Å². The van der Waals surface area contributed by atoms with Crippen LogP contribution < -0.4 is 10.6 Å². The number of carbonyl (C=O) groups excluding carboxylic acids is 1. The number of aryl methyl sites for hydroxylation is 1. The van der Waals surface area contributed by atoms with Gasteiger partial charge in [0.05, 0.1) is 11.2 Å². The number of benzene rings is 2. The molecule has 0 saturated carbocycles. The predicted molar refractivity (Wildman–Crippen MR) is 127 cm³/mol. The largest absolute Gasteiger partial charge is 0.381 e. The maximum absolute atomic E-state index is 13.6. The number of nitrogens with zero attached hydrogens (tertiary/aromatic N) is 4. The Morgan fingerprint density at radius 3 is 2.66 bits per heavy atom. The number of carbonyl (C=O) groups is 1. The fourth-order valence-corrected chi connectivity index (χ4v) is 5.06. The third kappa shape index (κ3) is 4.95. The molecule has 2 saturated heterocycles. The zero-order valence-electron chi connectivity index (χ0n) is 19.5. The molecule has 184 valence electrons. The number of hydrogen-bond acceptors (Lipinski definition) is 7. The van der Waals surface area contributed by atoms with Crippen molar-refractivity contribution in [2.24, 2.45) is 0 Å². The van der Waals surface area contributed by atoms with Gasteiger partial charge in [-0.15, -0.1) is 5.10 Å². The van der Waals surface area contributed by atoms with E-state index in [1.54, 1.807) is 0 Å². The normalized spacial score (nSPS) is 20.5. The summed E-state index contributed by atoms with van der Waals surface area (Å²) in [4.78, 5) is 18.9. The van der Waals surface area contributed by atoms with E-state index in [-0.39, 0.29) is 11.7 Å². The van der Waals surface area contributed by atoms with Gasteiger partial charge < -0.3 is 20.2 Å². The Labute approximate surface area is 202 Å². The van der Waals surface area contributed by atoms with Crippen molar-refractivity contribution in [2.45, 2.75) is 31.3 Å². The third-order valence-electron chi connectivity index (χ3n) is 6.74. The summed E-state index contributed by atoms with van der Waals surface area (Å²) in [5.41, 5.74) is 2.64. The Hall–Kier alpha value is -3.21. The van der Waals surface area contributed by atoms with Crippen LogP contribution in [0.3, 0.4) is 0 Å². The van der Waals surface area contributed by atoms with E-state index in [2.05, 4.69) is 31.7 Å². The number of nitrogens with one attached hydrogen (secondary N) is 2. The van der Waals surface area contributed by atoms with Crippen LogP contribution in [-0.2, 0) is 9.53 Å². The average Bonchev–Trinajstić information content (AvgIpc) is 3.32. The number of anilines is 2. The van der Waals surface area contributed by atoms with Gasteiger partial charge in [0.2, 0.25) is 5.95 Å². The van der Waals surface area contributed by atoms with Gasteiger partial charge in [0.25, 0.3) is 0 Å². The number of rotatable bonds is 6. The van der Waals surface area contributed by atoms with Crippen molar-refractivity contribution in [2.75, 3.05) is 38.2 Å². The van der Waals surface area contributed by atoms with Crippen LogP contribution in [0.1, 0.15) is 30.0 Å². The molecule has 35 heavy (non-hydrogen) atoms. The fourth-order valence-electron chi connectivity index (χ4n) is 5.06. The Morgan fingerprint density at radius 2 is 1.91 bits per heavy atom. The Kier molecular flexibility index (Phi) is 6.59. The lowest BCUT2D eigenvalue weighted by Crippen LogP contribution is -2.60. The quantitative estimate of drug-likeness (QED) is 0.522. The fraction of sp³-hybridized carbons (Fsp3) is 0.400. The molecule has 5 rings (SSSR count). The molecule has 0 bridgehead atoms. The number of aldehydes is 1. The number of ether oxygens (including phenoxy) is 1. The van der Waals surface area contributed by atoms with Crippen LogP contribution in [0.5, 0.6) is 0 Å². The van der Waals surface area contributed by atoms with Crippen molar-refractivity contribution in [1.82, 2.24) is 25.0 Å². The SMILES string of the molecule is Cc1cc(Nc2ncn(-c3cc(F)cc(F)c3)n2)cc(C2CNCCN2C2(C=O)CCOCC2)c1. The summed E-state index contributed by atoms with van der Waals surface area (Å²) in [6.45, 7) is 5.51. The summed E-state index contributed by atoms with van der Waals surface area (Å²) in [5, 5.41) is 11.0. The molecule has 2 N–H and O–H groups in total. The lowest BCUT2D eigenvalue weighted by molar-refractivity contribution is -0.129. The molecule has 2 aliphatic rings. The average molecular weight is 483 g/mol. The maximum atomic E-state index is 13.6. The van der Waals surface area contributed by atoms with Crippen LogP contribution in [-0.4, -0.2) is 64.3 Å². The van der Waals surface area contributed by atoms with Crippen LogP contribution in [0.2, 0.25) is 0 Å². The molecule has 1 aromatic heterocycles. The Bertz CT molecular complexity index is 1190. The number of piperazine rings is 1. The van der Waals surface area contributed by atoms with Crippen molar-refractivity contribution in [3.05, 3.63) is 65.5 Å². The third-order valence-corrected chi connectivity index (χ3v) is 6.74. The van der Waals surface area contributed by atoms with Crippen LogP contribution in [0.15, 0.2) is 42.7 Å². The highest BCUT2D eigenvalue weighted by Crippen LogP contribution is 2.36. The van der Waals surface area contributed by atoms with E-state index >= 15 is 0 Å². The molecule has 8 nitrogen and oxygen atoms in total. The predicted octanol–water partition coefficient (Wildman–Crippen LogP) is 3.29. The topological polar surface area (TPSA) is 84.3 Å². The van der Waals surface area contributed by atoms with Crippen molar-refractivity contribution in [3.63, 3.8) is 0 Å². The van der Waals surface area contributed by atoms with E-state index in [9.17, 15) is 13.6 Å². The van der Waals surface area contributed by atoms with Crippen LogP contribution in [0, 0.1) is 18.6 Å². The summed E-state index contributed by atoms with van der Waals surface area (Å²) < 4.78 is 34.1. The molecule has 0 spiro atoms. The van der Waals surface area contributed by atoms with Gasteiger partial charge in [0.15, 0.2) is 0 Å². The van der Waals surface area contributed by atoms with Gasteiger partial charge >= 0.3 is 0 Å². The first-order chi connectivity index (χ1) is 17.0. The summed E-state index contributed by atoms with van der Waals surface area (Å²) in [6, 6.07) is 9.37. The van der Waals surface area contributed by atoms with Gasteiger partial charge in [-0.05, 0) is 55.2 Å². The van der Waals surface area contributed by atoms with Crippen molar-refractivity contribution in [1.29, 1.82) is 0 Å². The molecule has 3 aromatic rings. The highest BCUT2D eigenvalue weighted by Gasteiger charge is 2.43. The minimum atomic E-state index is -0.684. The van der Waals surface area contributed by atoms with E-state index in [4.69, 9.17) is 4.74 Å². The molecule has 0 amide bonds. The van der Waals surface area contributed by atoms with E-state index in [1.807, 2.05) is 19.1 Å². The molecule has 2 aliphatic heterocycles. The molecule has 3 heterocycles. The van der Waals surface area contributed by atoms with Crippen molar-refractivity contribution < 1.29 is 18.3 Å². The maximum Gasteiger partial charge on any atom is 0.246 e. The zero-order valence-corrected chi connectivity index (χ0v) is 19.5. The first-order valence-corrected chi connectivity index (χ1v) is 11.7. The lowest BCUT2D eigenvalue weighted by Gasteiger charge is -2.49. The Balaban J connectivity index is 1.41. The Morgan fingerprint density at radius 1 is 1.14 bits per heavy atom. The van der Waals surface area contributed by atoms with Crippen LogP contribution in [0.4, 0.5) is 20.4 Å². The van der Waals surface area contributed by atoms with Gasteiger partial charge in [0, 0.05) is 50.6 Å². The second kappa shape index (κ2) is 9.80. The molecule has 10 heteroatoms. The molecular formula is C25H28F2N6O2. The summed E-state index contributed by atoms with van der Waals surface area (Å²) >= 11 is 0. The smallest absolute Gasteiger partial charge is 0.246 e. The molecule has 2 aromatic carbocycles. The first-order valence-electron chi connectivity index (χ1n) is 11.7. The second-order valence-corrected chi connectivity index (χ2v) is 9.14.